The predicted molar refractivity (Wildman–Crippen MR) is 98.2 cm³/mol. The van der Waals surface area contributed by atoms with Gasteiger partial charge in [0.05, 0.1) is 11.7 Å². The molecule has 0 saturated carbocycles. The van der Waals surface area contributed by atoms with Crippen LogP contribution in [-0.4, -0.2) is 20.4 Å². The van der Waals surface area contributed by atoms with E-state index in [0.717, 1.165) is 28.5 Å². The third kappa shape index (κ3) is 3.05. The quantitative estimate of drug-likeness (QED) is 0.562. The predicted octanol–water partition coefficient (Wildman–Crippen LogP) is 4.93. The second-order valence-corrected chi connectivity index (χ2v) is 6.33. The molecular weight excluding hydrogens is 312 g/mol. The van der Waals surface area contributed by atoms with Gasteiger partial charge in [-0.25, -0.2) is 0 Å². The number of aromatic amines is 1. The van der Waals surface area contributed by atoms with Gasteiger partial charge in [-0.2, -0.15) is 5.10 Å². The van der Waals surface area contributed by atoms with Gasteiger partial charge in [0, 0.05) is 16.5 Å². The first kappa shape index (κ1) is 15.6. The van der Waals surface area contributed by atoms with Crippen LogP contribution in [0.15, 0.2) is 47.0 Å². The van der Waals surface area contributed by atoms with Gasteiger partial charge in [0.2, 0.25) is 11.8 Å². The molecule has 0 bridgehead atoms. The molecule has 2 heterocycles. The number of aromatic nitrogens is 4. The Kier molecular flexibility index (Phi) is 4.06. The fourth-order valence-electron chi connectivity index (χ4n) is 3.01. The minimum absolute atomic E-state index is 0.519. The van der Waals surface area contributed by atoms with Crippen LogP contribution in [0.5, 0.6) is 0 Å². The lowest BCUT2D eigenvalue weighted by atomic mass is 10.0. The smallest absolute Gasteiger partial charge is 0.248 e. The zero-order valence-electron chi connectivity index (χ0n) is 14.4. The minimum atomic E-state index is 0.519. The van der Waals surface area contributed by atoms with Crippen LogP contribution in [-0.2, 0) is 6.42 Å². The summed E-state index contributed by atoms with van der Waals surface area (Å²) >= 11 is 0. The maximum atomic E-state index is 5.90. The molecule has 0 amide bonds. The molecule has 2 aromatic heterocycles. The van der Waals surface area contributed by atoms with E-state index < -0.39 is 0 Å². The molecule has 25 heavy (non-hydrogen) atoms. The summed E-state index contributed by atoms with van der Waals surface area (Å²) in [6, 6.07) is 12.3. The van der Waals surface area contributed by atoms with E-state index in [9.17, 15) is 0 Å². The number of rotatable bonds is 5. The van der Waals surface area contributed by atoms with Crippen LogP contribution >= 0.6 is 0 Å². The second kappa shape index (κ2) is 6.51. The molecule has 4 rings (SSSR count). The first-order valence-electron chi connectivity index (χ1n) is 8.61. The molecule has 0 aliphatic carbocycles. The van der Waals surface area contributed by atoms with Gasteiger partial charge in [0.15, 0.2) is 0 Å². The van der Waals surface area contributed by atoms with Crippen molar-refractivity contribution in [3.8, 4) is 22.9 Å². The highest BCUT2D eigenvalue weighted by Crippen LogP contribution is 2.27. The van der Waals surface area contributed by atoms with E-state index in [2.05, 4.69) is 52.4 Å². The largest absolute Gasteiger partial charge is 0.416 e. The van der Waals surface area contributed by atoms with Crippen molar-refractivity contribution in [3.05, 3.63) is 53.7 Å². The first-order chi connectivity index (χ1) is 12.2. The number of hydrogen-bond donors (Lipinski definition) is 1. The summed E-state index contributed by atoms with van der Waals surface area (Å²) < 4.78 is 5.90. The topological polar surface area (TPSA) is 67.6 Å². The van der Waals surface area contributed by atoms with Crippen molar-refractivity contribution in [2.24, 2.45) is 0 Å². The number of aryl methyl sites for hydroxylation is 2. The maximum absolute atomic E-state index is 5.90. The molecule has 0 unspecified atom stereocenters. The Morgan fingerprint density at radius 3 is 2.52 bits per heavy atom. The van der Waals surface area contributed by atoms with Gasteiger partial charge in [0.25, 0.3) is 0 Å². The molecule has 0 fully saturated rings. The Labute approximate surface area is 146 Å². The summed E-state index contributed by atoms with van der Waals surface area (Å²) in [5, 5.41) is 16.4. The van der Waals surface area contributed by atoms with Crippen LogP contribution in [0.1, 0.15) is 30.9 Å². The molecule has 5 nitrogen and oxygen atoms in total. The van der Waals surface area contributed by atoms with Crippen molar-refractivity contribution in [2.45, 2.75) is 33.1 Å². The van der Waals surface area contributed by atoms with Gasteiger partial charge >= 0.3 is 0 Å². The fraction of sp³-hybridized carbons (Fsp3) is 0.250. The minimum Gasteiger partial charge on any atom is -0.416 e. The van der Waals surface area contributed by atoms with Crippen LogP contribution in [0.2, 0.25) is 0 Å². The molecule has 4 aromatic rings. The van der Waals surface area contributed by atoms with Gasteiger partial charge in [-0.3, -0.25) is 5.10 Å². The van der Waals surface area contributed by atoms with E-state index in [1.807, 2.05) is 18.2 Å². The van der Waals surface area contributed by atoms with E-state index in [4.69, 9.17) is 4.42 Å². The Balaban J connectivity index is 1.63. The van der Waals surface area contributed by atoms with E-state index in [-0.39, 0.29) is 0 Å². The summed E-state index contributed by atoms with van der Waals surface area (Å²) in [6.07, 6.45) is 5.31. The van der Waals surface area contributed by atoms with Crippen LogP contribution in [0.25, 0.3) is 33.8 Å². The lowest BCUT2D eigenvalue weighted by Crippen LogP contribution is -1.90. The average Bonchev–Trinajstić information content (AvgIpc) is 3.29. The normalized spacial score (nSPS) is 11.3. The second-order valence-electron chi connectivity index (χ2n) is 6.33. The van der Waals surface area contributed by atoms with Gasteiger partial charge in [-0.1, -0.05) is 19.4 Å². The van der Waals surface area contributed by atoms with Gasteiger partial charge in [0.1, 0.15) is 0 Å². The standard InChI is InChI=1S/C20H20N4O/c1-3-4-5-14-6-7-15(10-13(14)2)19-23-24-20(25-19)16-8-9-18-17(11-16)12-21-22-18/h6-12H,3-5H2,1-2H3,(H,21,22). The number of unbranched alkanes of at least 4 members (excludes halogenated alkanes) is 1. The Morgan fingerprint density at radius 2 is 1.76 bits per heavy atom. The van der Waals surface area contributed by atoms with Gasteiger partial charge in [-0.05, 0) is 61.2 Å². The Bertz CT molecular complexity index is 1020. The molecule has 0 aliphatic heterocycles. The molecule has 5 heteroatoms. The summed E-state index contributed by atoms with van der Waals surface area (Å²) in [7, 11) is 0. The van der Waals surface area contributed by atoms with Crippen molar-refractivity contribution in [1.82, 2.24) is 20.4 Å². The van der Waals surface area contributed by atoms with Crippen molar-refractivity contribution in [3.63, 3.8) is 0 Å². The Morgan fingerprint density at radius 1 is 1.00 bits per heavy atom. The van der Waals surface area contributed by atoms with E-state index in [1.165, 1.54) is 24.0 Å². The molecule has 0 aliphatic rings. The molecule has 1 N–H and O–H groups in total. The molecule has 0 saturated heterocycles. The van der Waals surface area contributed by atoms with Gasteiger partial charge < -0.3 is 4.42 Å². The number of fused-ring (bicyclic) bond motifs is 1. The lowest BCUT2D eigenvalue weighted by molar-refractivity contribution is 0.584. The van der Waals surface area contributed by atoms with E-state index in [0.29, 0.717) is 11.8 Å². The summed E-state index contributed by atoms with van der Waals surface area (Å²) in [6.45, 7) is 4.35. The van der Waals surface area contributed by atoms with Crippen LogP contribution in [0.3, 0.4) is 0 Å². The van der Waals surface area contributed by atoms with Crippen LogP contribution in [0, 0.1) is 6.92 Å². The third-order valence-electron chi connectivity index (χ3n) is 4.50. The Hall–Kier alpha value is -2.95. The van der Waals surface area contributed by atoms with Gasteiger partial charge in [-0.15, -0.1) is 10.2 Å². The van der Waals surface area contributed by atoms with Crippen molar-refractivity contribution < 1.29 is 4.42 Å². The summed E-state index contributed by atoms with van der Waals surface area (Å²) in [5.74, 6) is 1.07. The third-order valence-corrected chi connectivity index (χ3v) is 4.50. The van der Waals surface area contributed by atoms with E-state index >= 15 is 0 Å². The number of benzene rings is 2. The number of nitrogens with one attached hydrogen (secondary N) is 1. The van der Waals surface area contributed by atoms with Crippen LogP contribution in [0.4, 0.5) is 0 Å². The molecule has 2 aromatic carbocycles. The molecule has 0 spiro atoms. The molecule has 126 valence electrons. The average molecular weight is 332 g/mol. The molecule has 0 radical (unpaired) electrons. The summed E-state index contributed by atoms with van der Waals surface area (Å²) in [5.41, 5.74) is 5.49. The number of nitrogens with zero attached hydrogens (tertiary/aromatic N) is 3. The van der Waals surface area contributed by atoms with Crippen LogP contribution < -0.4 is 0 Å². The highest BCUT2D eigenvalue weighted by Gasteiger charge is 2.12. The van der Waals surface area contributed by atoms with Crippen molar-refractivity contribution >= 4 is 10.9 Å². The number of hydrogen-bond acceptors (Lipinski definition) is 4. The van der Waals surface area contributed by atoms with E-state index in [1.54, 1.807) is 6.20 Å². The molecule has 0 atom stereocenters. The first-order valence-corrected chi connectivity index (χ1v) is 8.61. The maximum Gasteiger partial charge on any atom is 0.248 e. The highest BCUT2D eigenvalue weighted by molar-refractivity contribution is 5.82. The molecular formula is C20H20N4O. The van der Waals surface area contributed by atoms with Crippen molar-refractivity contribution in [2.75, 3.05) is 0 Å². The number of H-pyrrole nitrogens is 1. The zero-order valence-corrected chi connectivity index (χ0v) is 14.4. The van der Waals surface area contributed by atoms with Crippen molar-refractivity contribution in [1.29, 1.82) is 0 Å². The lowest BCUT2D eigenvalue weighted by Gasteiger charge is -2.06. The SMILES string of the molecule is CCCCc1ccc(-c2nnc(-c3ccc4[nH]ncc4c3)o2)cc1C. The summed E-state index contributed by atoms with van der Waals surface area (Å²) in [4.78, 5) is 0. The zero-order chi connectivity index (χ0) is 17.2. The highest BCUT2D eigenvalue weighted by atomic mass is 16.4. The monoisotopic (exact) mass is 332 g/mol. The fourth-order valence-corrected chi connectivity index (χ4v) is 3.01.